The van der Waals surface area contributed by atoms with E-state index in [2.05, 4.69) is 5.43 Å². The number of hydrazine groups is 1. The normalized spacial score (nSPS) is 12.4. The molecule has 0 amide bonds. The van der Waals surface area contributed by atoms with E-state index >= 15 is 0 Å². The molecule has 3 N–H and O–H groups in total. The Morgan fingerprint density at radius 3 is 2.39 bits per heavy atom. The van der Waals surface area contributed by atoms with Crippen LogP contribution in [0.25, 0.3) is 0 Å². The zero-order valence-corrected chi connectivity index (χ0v) is 10.8. The van der Waals surface area contributed by atoms with Gasteiger partial charge in [-0.05, 0) is 29.8 Å². The highest BCUT2D eigenvalue weighted by molar-refractivity contribution is 6.30. The molecule has 2 aromatic carbocycles. The van der Waals surface area contributed by atoms with Gasteiger partial charge in [0.05, 0.1) is 6.04 Å². The Balaban J connectivity index is 2.45. The monoisotopic (exact) mass is 284 g/mol. The van der Waals surface area contributed by atoms with Crippen LogP contribution in [0.1, 0.15) is 17.2 Å². The largest absolute Gasteiger partial charge is 0.271 e. The van der Waals surface area contributed by atoms with Gasteiger partial charge in [0.2, 0.25) is 0 Å². The number of rotatable bonds is 3. The molecule has 0 radical (unpaired) electrons. The summed E-state index contributed by atoms with van der Waals surface area (Å²) in [5.41, 5.74) is 3.78. The first-order chi connectivity index (χ1) is 8.61. The Morgan fingerprint density at radius 2 is 1.78 bits per heavy atom. The van der Waals surface area contributed by atoms with Crippen LogP contribution in [0.2, 0.25) is 10.0 Å². The van der Waals surface area contributed by atoms with E-state index in [0.717, 1.165) is 5.56 Å². The van der Waals surface area contributed by atoms with Crippen LogP contribution in [0, 0.1) is 5.82 Å². The molecular formula is C13H11Cl2FN2. The molecule has 0 aliphatic rings. The molecule has 0 aromatic heterocycles. The van der Waals surface area contributed by atoms with Crippen LogP contribution in [0.4, 0.5) is 4.39 Å². The molecule has 1 atom stereocenters. The Kier molecular flexibility index (Phi) is 4.19. The van der Waals surface area contributed by atoms with Crippen LogP contribution in [-0.2, 0) is 0 Å². The van der Waals surface area contributed by atoms with Gasteiger partial charge in [0.25, 0.3) is 0 Å². The minimum Gasteiger partial charge on any atom is -0.271 e. The van der Waals surface area contributed by atoms with Crippen LogP contribution in [0.5, 0.6) is 0 Å². The zero-order valence-electron chi connectivity index (χ0n) is 9.33. The minimum atomic E-state index is -0.471. The standard InChI is InChI=1S/C13H11Cl2FN2/c14-9-3-1-2-8(6-9)13(18-17)11-5-4-10(15)7-12(11)16/h1-7,13,18H,17H2. The van der Waals surface area contributed by atoms with Crippen LogP contribution >= 0.6 is 23.2 Å². The molecule has 2 aromatic rings. The molecule has 5 heteroatoms. The number of nitrogens with one attached hydrogen (secondary N) is 1. The Bertz CT molecular complexity index is 560. The predicted molar refractivity (Wildman–Crippen MR) is 72.0 cm³/mol. The Morgan fingerprint density at radius 1 is 1.06 bits per heavy atom. The van der Waals surface area contributed by atoms with Crippen molar-refractivity contribution in [3.05, 3.63) is 69.5 Å². The van der Waals surface area contributed by atoms with E-state index in [-0.39, 0.29) is 0 Å². The van der Waals surface area contributed by atoms with E-state index in [0.29, 0.717) is 15.6 Å². The smallest absolute Gasteiger partial charge is 0.129 e. The first-order valence-electron chi connectivity index (χ1n) is 5.28. The van der Waals surface area contributed by atoms with E-state index in [4.69, 9.17) is 29.0 Å². The summed E-state index contributed by atoms with van der Waals surface area (Å²) in [5.74, 6) is 5.09. The Hall–Kier alpha value is -1.13. The summed E-state index contributed by atoms with van der Waals surface area (Å²) in [6.45, 7) is 0. The summed E-state index contributed by atoms with van der Waals surface area (Å²) in [6.07, 6.45) is 0. The van der Waals surface area contributed by atoms with Crippen LogP contribution in [0.3, 0.4) is 0 Å². The van der Waals surface area contributed by atoms with Crippen LogP contribution < -0.4 is 11.3 Å². The molecule has 0 bridgehead atoms. The highest BCUT2D eigenvalue weighted by atomic mass is 35.5. The molecule has 0 aliphatic heterocycles. The van der Waals surface area contributed by atoms with E-state index in [1.807, 2.05) is 6.07 Å². The first kappa shape index (κ1) is 13.3. The summed E-state index contributed by atoms with van der Waals surface area (Å²) in [7, 11) is 0. The molecular weight excluding hydrogens is 274 g/mol. The van der Waals surface area contributed by atoms with Crippen molar-refractivity contribution in [2.75, 3.05) is 0 Å². The van der Waals surface area contributed by atoms with E-state index in [1.54, 1.807) is 30.3 Å². The zero-order chi connectivity index (χ0) is 13.1. The molecule has 18 heavy (non-hydrogen) atoms. The third-order valence-corrected chi connectivity index (χ3v) is 3.09. The van der Waals surface area contributed by atoms with Crippen molar-refractivity contribution in [2.45, 2.75) is 6.04 Å². The molecule has 0 aliphatic carbocycles. The second-order valence-corrected chi connectivity index (χ2v) is 4.69. The molecule has 0 saturated heterocycles. The summed E-state index contributed by atoms with van der Waals surface area (Å²) in [4.78, 5) is 0. The van der Waals surface area contributed by atoms with E-state index in [9.17, 15) is 4.39 Å². The number of nitrogens with two attached hydrogens (primary N) is 1. The van der Waals surface area contributed by atoms with Gasteiger partial charge in [-0.2, -0.15) is 0 Å². The second-order valence-electron chi connectivity index (χ2n) is 3.82. The lowest BCUT2D eigenvalue weighted by Gasteiger charge is -2.18. The van der Waals surface area contributed by atoms with Crippen LogP contribution in [-0.4, -0.2) is 0 Å². The van der Waals surface area contributed by atoms with Crippen molar-refractivity contribution in [3.8, 4) is 0 Å². The quantitative estimate of drug-likeness (QED) is 0.666. The third kappa shape index (κ3) is 2.82. The lowest BCUT2D eigenvalue weighted by Crippen LogP contribution is -2.29. The van der Waals surface area contributed by atoms with Gasteiger partial charge in [0.1, 0.15) is 5.82 Å². The van der Waals surface area contributed by atoms with Gasteiger partial charge in [-0.25, -0.2) is 9.82 Å². The average molecular weight is 285 g/mol. The van der Waals surface area contributed by atoms with Crippen molar-refractivity contribution in [1.29, 1.82) is 0 Å². The van der Waals surface area contributed by atoms with Gasteiger partial charge in [-0.1, -0.05) is 41.4 Å². The fourth-order valence-corrected chi connectivity index (χ4v) is 2.14. The maximum absolute atomic E-state index is 13.9. The molecule has 0 heterocycles. The summed E-state index contributed by atoms with van der Waals surface area (Å²) in [6, 6.07) is 11.1. The SMILES string of the molecule is NNC(c1cccc(Cl)c1)c1ccc(Cl)cc1F. The summed E-state index contributed by atoms with van der Waals surface area (Å²) >= 11 is 11.6. The maximum atomic E-state index is 13.9. The highest BCUT2D eigenvalue weighted by Gasteiger charge is 2.16. The predicted octanol–water partition coefficient (Wildman–Crippen LogP) is 3.69. The van der Waals surface area contributed by atoms with Crippen molar-refractivity contribution in [1.82, 2.24) is 5.43 Å². The molecule has 2 rings (SSSR count). The lowest BCUT2D eigenvalue weighted by atomic mass is 9.99. The fourth-order valence-electron chi connectivity index (χ4n) is 1.79. The van der Waals surface area contributed by atoms with Gasteiger partial charge in [0, 0.05) is 15.6 Å². The summed E-state index contributed by atoms with van der Waals surface area (Å²) in [5, 5.41) is 0.917. The average Bonchev–Trinajstić information content (AvgIpc) is 2.33. The Labute approximate surface area is 114 Å². The van der Waals surface area contributed by atoms with Crippen molar-refractivity contribution < 1.29 is 4.39 Å². The van der Waals surface area contributed by atoms with Gasteiger partial charge < -0.3 is 0 Å². The van der Waals surface area contributed by atoms with Gasteiger partial charge in [-0.15, -0.1) is 0 Å². The molecule has 0 fully saturated rings. The minimum absolute atomic E-state index is 0.345. The van der Waals surface area contributed by atoms with E-state index < -0.39 is 11.9 Å². The molecule has 2 nitrogen and oxygen atoms in total. The molecule has 0 saturated carbocycles. The highest BCUT2D eigenvalue weighted by Crippen LogP contribution is 2.27. The van der Waals surface area contributed by atoms with E-state index in [1.165, 1.54) is 6.07 Å². The summed E-state index contributed by atoms with van der Waals surface area (Å²) < 4.78 is 13.9. The number of hydrogen-bond acceptors (Lipinski definition) is 2. The lowest BCUT2D eigenvalue weighted by molar-refractivity contribution is 0.560. The first-order valence-corrected chi connectivity index (χ1v) is 6.04. The topological polar surface area (TPSA) is 38.0 Å². The fraction of sp³-hybridized carbons (Fsp3) is 0.0769. The molecule has 0 spiro atoms. The second kappa shape index (κ2) is 5.67. The van der Waals surface area contributed by atoms with Gasteiger partial charge in [0.15, 0.2) is 0 Å². The van der Waals surface area contributed by atoms with Gasteiger partial charge >= 0.3 is 0 Å². The van der Waals surface area contributed by atoms with Crippen molar-refractivity contribution in [2.24, 2.45) is 5.84 Å². The molecule has 94 valence electrons. The van der Waals surface area contributed by atoms with Gasteiger partial charge in [-0.3, -0.25) is 5.84 Å². The van der Waals surface area contributed by atoms with Crippen molar-refractivity contribution >= 4 is 23.2 Å². The van der Waals surface area contributed by atoms with Crippen molar-refractivity contribution in [3.63, 3.8) is 0 Å². The number of hydrogen-bond donors (Lipinski definition) is 2. The molecule has 1 unspecified atom stereocenters. The third-order valence-electron chi connectivity index (χ3n) is 2.62. The maximum Gasteiger partial charge on any atom is 0.129 e. The van der Waals surface area contributed by atoms with Crippen LogP contribution in [0.15, 0.2) is 42.5 Å². The number of halogens is 3. The number of benzene rings is 2.